The maximum atomic E-state index is 13.3. The Bertz CT molecular complexity index is 959. The molecule has 148 valence electrons. The predicted molar refractivity (Wildman–Crippen MR) is 112 cm³/mol. The van der Waals surface area contributed by atoms with Crippen molar-refractivity contribution in [2.75, 3.05) is 16.0 Å². The lowest BCUT2D eigenvalue weighted by Crippen LogP contribution is -2.45. The van der Waals surface area contributed by atoms with Gasteiger partial charge in [-0.2, -0.15) is 0 Å². The fourth-order valence-electron chi connectivity index (χ4n) is 3.64. The summed E-state index contributed by atoms with van der Waals surface area (Å²) in [5, 5.41) is 2.85. The number of rotatable bonds is 4. The van der Waals surface area contributed by atoms with E-state index in [1.165, 1.54) is 12.7 Å². The van der Waals surface area contributed by atoms with E-state index in [-0.39, 0.29) is 12.1 Å². The monoisotopic (exact) mass is 389 g/mol. The summed E-state index contributed by atoms with van der Waals surface area (Å²) in [6, 6.07) is 8.81. The fraction of sp³-hybridized carbons (Fsp3) is 0.286. The molecule has 8 heteroatoms. The Kier molecular flexibility index (Phi) is 5.60. The van der Waals surface area contributed by atoms with Gasteiger partial charge in [0.1, 0.15) is 12.1 Å². The minimum atomic E-state index is -0.293. The second-order valence-corrected chi connectivity index (χ2v) is 7.04. The molecular weight excluding hydrogens is 366 g/mol. The lowest BCUT2D eigenvalue weighted by molar-refractivity contribution is 0.252. The first kappa shape index (κ1) is 18.8. The van der Waals surface area contributed by atoms with Crippen LogP contribution in [0.3, 0.4) is 0 Å². The molecule has 0 radical (unpaired) electrons. The third kappa shape index (κ3) is 4.31. The molecule has 1 saturated carbocycles. The maximum Gasteiger partial charge on any atom is 0.328 e. The van der Waals surface area contributed by atoms with Crippen LogP contribution in [0, 0.1) is 0 Å². The average Bonchev–Trinajstić information content (AvgIpc) is 2.77. The SMILES string of the molecule is Nc1ccc(-c2cccnc2)nc1N(C(=O)Nc1ccncn1)C1CCCCC1. The Morgan fingerprint density at radius 1 is 1.07 bits per heavy atom. The van der Waals surface area contributed by atoms with Gasteiger partial charge in [-0.1, -0.05) is 19.3 Å². The Hall–Kier alpha value is -3.55. The van der Waals surface area contributed by atoms with E-state index >= 15 is 0 Å². The number of urea groups is 1. The molecule has 4 rings (SSSR count). The normalized spacial score (nSPS) is 14.3. The number of nitrogen functional groups attached to an aromatic ring is 1. The molecule has 0 unspecified atom stereocenters. The van der Waals surface area contributed by atoms with Gasteiger partial charge in [-0.15, -0.1) is 0 Å². The summed E-state index contributed by atoms with van der Waals surface area (Å²) in [5.74, 6) is 0.901. The van der Waals surface area contributed by atoms with E-state index in [0.29, 0.717) is 17.3 Å². The average molecular weight is 389 g/mol. The van der Waals surface area contributed by atoms with Crippen molar-refractivity contribution in [1.29, 1.82) is 0 Å². The number of nitrogens with one attached hydrogen (secondary N) is 1. The van der Waals surface area contributed by atoms with Crippen molar-refractivity contribution in [3.05, 3.63) is 55.2 Å². The quantitative estimate of drug-likeness (QED) is 0.700. The molecule has 29 heavy (non-hydrogen) atoms. The number of carbonyl (C=O) groups excluding carboxylic acids is 1. The van der Waals surface area contributed by atoms with Crippen molar-refractivity contribution < 1.29 is 4.79 Å². The van der Waals surface area contributed by atoms with Crippen LogP contribution in [0.4, 0.5) is 22.1 Å². The number of aromatic nitrogens is 4. The number of pyridine rings is 2. The number of hydrogen-bond acceptors (Lipinski definition) is 6. The zero-order valence-electron chi connectivity index (χ0n) is 16.0. The van der Waals surface area contributed by atoms with Gasteiger partial charge in [0.25, 0.3) is 0 Å². The van der Waals surface area contributed by atoms with Crippen LogP contribution < -0.4 is 16.0 Å². The number of amides is 2. The van der Waals surface area contributed by atoms with Crippen molar-refractivity contribution in [1.82, 2.24) is 19.9 Å². The number of nitrogens with zero attached hydrogens (tertiary/aromatic N) is 5. The first-order valence-electron chi connectivity index (χ1n) is 9.75. The van der Waals surface area contributed by atoms with Gasteiger partial charge in [0.05, 0.1) is 11.4 Å². The van der Waals surface area contributed by atoms with Gasteiger partial charge in [0.15, 0.2) is 5.82 Å². The highest BCUT2D eigenvalue weighted by molar-refractivity contribution is 6.02. The van der Waals surface area contributed by atoms with Crippen molar-refractivity contribution in [2.45, 2.75) is 38.1 Å². The zero-order valence-corrected chi connectivity index (χ0v) is 16.0. The number of carbonyl (C=O) groups is 1. The molecule has 0 saturated heterocycles. The molecule has 1 aliphatic carbocycles. The maximum absolute atomic E-state index is 13.3. The van der Waals surface area contributed by atoms with E-state index in [1.54, 1.807) is 35.6 Å². The van der Waals surface area contributed by atoms with E-state index in [9.17, 15) is 4.79 Å². The van der Waals surface area contributed by atoms with E-state index in [2.05, 4.69) is 20.3 Å². The van der Waals surface area contributed by atoms with Gasteiger partial charge in [0.2, 0.25) is 0 Å². The summed E-state index contributed by atoms with van der Waals surface area (Å²) in [7, 11) is 0. The molecule has 3 N–H and O–H groups in total. The van der Waals surface area contributed by atoms with Gasteiger partial charge in [0, 0.05) is 30.2 Å². The minimum Gasteiger partial charge on any atom is -0.396 e. The summed E-state index contributed by atoms with van der Waals surface area (Å²) < 4.78 is 0. The third-order valence-corrected chi connectivity index (χ3v) is 5.07. The number of anilines is 3. The topological polar surface area (TPSA) is 110 Å². The second kappa shape index (κ2) is 8.64. The highest BCUT2D eigenvalue weighted by Crippen LogP contribution is 2.32. The summed E-state index contributed by atoms with van der Waals surface area (Å²) in [6.45, 7) is 0. The lowest BCUT2D eigenvalue weighted by Gasteiger charge is -2.34. The predicted octanol–water partition coefficient (Wildman–Crippen LogP) is 3.89. The molecule has 2 amide bonds. The van der Waals surface area contributed by atoms with E-state index < -0.39 is 0 Å². The third-order valence-electron chi connectivity index (χ3n) is 5.07. The lowest BCUT2D eigenvalue weighted by atomic mass is 9.94. The van der Waals surface area contributed by atoms with Crippen molar-refractivity contribution in [3.8, 4) is 11.3 Å². The molecule has 3 heterocycles. The van der Waals surface area contributed by atoms with Crippen LogP contribution >= 0.6 is 0 Å². The number of hydrogen-bond donors (Lipinski definition) is 2. The van der Waals surface area contributed by atoms with Crippen LogP contribution in [0.25, 0.3) is 11.3 Å². The molecular formula is C21H23N7O. The second-order valence-electron chi connectivity index (χ2n) is 7.04. The highest BCUT2D eigenvalue weighted by atomic mass is 16.2. The van der Waals surface area contributed by atoms with Crippen LogP contribution in [0.5, 0.6) is 0 Å². The molecule has 0 aromatic carbocycles. The van der Waals surface area contributed by atoms with Gasteiger partial charge in [-0.25, -0.2) is 19.7 Å². The molecule has 3 aromatic heterocycles. The van der Waals surface area contributed by atoms with Crippen molar-refractivity contribution in [2.24, 2.45) is 0 Å². The number of nitrogens with two attached hydrogens (primary N) is 1. The molecule has 0 aliphatic heterocycles. The molecule has 0 atom stereocenters. The van der Waals surface area contributed by atoms with E-state index in [1.807, 2.05) is 18.2 Å². The largest absolute Gasteiger partial charge is 0.396 e. The van der Waals surface area contributed by atoms with Crippen LogP contribution in [0.2, 0.25) is 0 Å². The first-order chi connectivity index (χ1) is 14.2. The highest BCUT2D eigenvalue weighted by Gasteiger charge is 2.30. The summed E-state index contributed by atoms with van der Waals surface area (Å²) >= 11 is 0. The Balaban J connectivity index is 1.71. The summed E-state index contributed by atoms with van der Waals surface area (Å²) in [6.07, 6.45) is 11.6. The summed E-state index contributed by atoms with van der Waals surface area (Å²) in [5.41, 5.74) is 8.33. The van der Waals surface area contributed by atoms with E-state index in [4.69, 9.17) is 10.7 Å². The standard InChI is InChI=1S/C21H23N7O/c22-17-8-9-18(15-5-4-11-23-13-15)26-20(17)28(16-6-2-1-3-7-16)21(29)27-19-10-12-24-14-25-19/h4-5,8-14,16H,1-3,6-7,22H2,(H,24,25,27,29). The Labute approximate surface area is 169 Å². The van der Waals surface area contributed by atoms with Crippen LogP contribution in [0.1, 0.15) is 32.1 Å². The molecule has 1 fully saturated rings. The van der Waals surface area contributed by atoms with Gasteiger partial charge in [-0.3, -0.25) is 15.2 Å². The van der Waals surface area contributed by atoms with Crippen LogP contribution in [-0.2, 0) is 0 Å². The Morgan fingerprint density at radius 3 is 2.66 bits per heavy atom. The van der Waals surface area contributed by atoms with Gasteiger partial charge >= 0.3 is 6.03 Å². The molecule has 3 aromatic rings. The van der Waals surface area contributed by atoms with Gasteiger partial charge < -0.3 is 5.73 Å². The fourth-order valence-corrected chi connectivity index (χ4v) is 3.64. The van der Waals surface area contributed by atoms with E-state index in [0.717, 1.165) is 36.9 Å². The Morgan fingerprint density at radius 2 is 1.93 bits per heavy atom. The van der Waals surface area contributed by atoms with Crippen LogP contribution in [0.15, 0.2) is 55.2 Å². The minimum absolute atomic E-state index is 0.0320. The van der Waals surface area contributed by atoms with Crippen molar-refractivity contribution >= 4 is 23.4 Å². The molecule has 0 bridgehead atoms. The van der Waals surface area contributed by atoms with Crippen LogP contribution in [-0.4, -0.2) is 32.0 Å². The smallest absolute Gasteiger partial charge is 0.328 e. The molecule has 1 aliphatic rings. The summed E-state index contributed by atoms with van der Waals surface area (Å²) in [4.78, 5) is 31.8. The molecule has 8 nitrogen and oxygen atoms in total. The molecule has 0 spiro atoms. The van der Waals surface area contributed by atoms with Crippen molar-refractivity contribution in [3.63, 3.8) is 0 Å². The van der Waals surface area contributed by atoms with Gasteiger partial charge in [-0.05, 0) is 43.2 Å². The first-order valence-corrected chi connectivity index (χ1v) is 9.75. The zero-order chi connectivity index (χ0) is 20.1.